The van der Waals surface area contributed by atoms with E-state index in [1.807, 2.05) is 39.4 Å². The molecular formula is C53H100N2O7P+. The summed E-state index contributed by atoms with van der Waals surface area (Å²) in [5.74, 6) is -0.595. The molecule has 0 fully saturated rings. The van der Waals surface area contributed by atoms with E-state index in [4.69, 9.17) is 13.8 Å². The van der Waals surface area contributed by atoms with Crippen LogP contribution in [-0.2, 0) is 27.9 Å². The summed E-state index contributed by atoms with van der Waals surface area (Å²) in [5, 5.41) is 2.99. The lowest BCUT2D eigenvalue weighted by molar-refractivity contribution is -0.870. The van der Waals surface area contributed by atoms with Gasteiger partial charge in [-0.05, 0) is 70.3 Å². The minimum Gasteiger partial charge on any atom is -0.456 e. The lowest BCUT2D eigenvalue weighted by Crippen LogP contribution is -2.47. The molecule has 1 amide bonds. The van der Waals surface area contributed by atoms with Crippen molar-refractivity contribution in [3.8, 4) is 0 Å². The van der Waals surface area contributed by atoms with E-state index in [0.29, 0.717) is 17.4 Å². The van der Waals surface area contributed by atoms with Crippen LogP contribution in [0.1, 0.15) is 226 Å². The normalized spacial score (nSPS) is 14.3. The third-order valence-electron chi connectivity index (χ3n) is 11.3. The zero-order valence-electron chi connectivity index (χ0n) is 41.8. The van der Waals surface area contributed by atoms with Crippen molar-refractivity contribution in [2.45, 2.75) is 238 Å². The second-order valence-electron chi connectivity index (χ2n) is 18.7. The summed E-state index contributed by atoms with van der Waals surface area (Å²) in [6, 6.07) is -0.878. The third kappa shape index (κ3) is 44.9. The fourth-order valence-electron chi connectivity index (χ4n) is 7.15. The molecule has 0 heterocycles. The fraction of sp³-hybridized carbons (Fsp3) is 0.811. The van der Waals surface area contributed by atoms with Crippen LogP contribution < -0.4 is 5.32 Å². The number of phosphoric acid groups is 1. The summed E-state index contributed by atoms with van der Waals surface area (Å²) in [6.45, 7) is 6.90. The Labute approximate surface area is 388 Å². The molecule has 0 bridgehead atoms. The Kier molecular flexibility index (Phi) is 42.4. The van der Waals surface area contributed by atoms with Crippen molar-refractivity contribution >= 4 is 19.7 Å². The largest absolute Gasteiger partial charge is 0.472 e. The zero-order chi connectivity index (χ0) is 46.5. The molecule has 0 saturated carbocycles. The summed E-state index contributed by atoms with van der Waals surface area (Å²) < 4.78 is 30.4. The number of quaternary nitrogens is 1. The van der Waals surface area contributed by atoms with Crippen LogP contribution in [0.5, 0.6) is 0 Å². The van der Waals surface area contributed by atoms with Gasteiger partial charge in [-0.15, -0.1) is 0 Å². The first kappa shape index (κ1) is 61.0. The topological polar surface area (TPSA) is 111 Å². The molecule has 0 radical (unpaired) electrons. The summed E-state index contributed by atoms with van der Waals surface area (Å²) in [5.41, 5.74) is 0. The highest BCUT2D eigenvalue weighted by Crippen LogP contribution is 2.43. The van der Waals surface area contributed by atoms with Crippen molar-refractivity contribution in [2.75, 3.05) is 40.9 Å². The lowest BCUT2D eigenvalue weighted by Gasteiger charge is -2.27. The average Bonchev–Trinajstić information content (AvgIpc) is 3.23. The van der Waals surface area contributed by atoms with Gasteiger partial charge < -0.3 is 19.4 Å². The highest BCUT2D eigenvalue weighted by atomic mass is 31.2. The minimum atomic E-state index is -4.45. The van der Waals surface area contributed by atoms with Gasteiger partial charge in [-0.1, -0.05) is 192 Å². The van der Waals surface area contributed by atoms with E-state index in [1.54, 1.807) is 0 Å². The molecule has 3 unspecified atom stereocenters. The molecule has 0 aliphatic carbocycles. The van der Waals surface area contributed by atoms with Crippen molar-refractivity contribution < 1.29 is 37.3 Å². The standard InChI is InChI=1S/C53H99N2O7P/c1-7-10-13-16-19-22-25-27-30-32-35-38-41-44-51(62-53(57)46-43-40-37-34-29-24-21-18-15-12-9-3)50(49-61-63(58,59)60-48-47-55(4,5)6)54-52(56)45-42-39-36-33-31-28-26-23-20-17-14-11-8-2/h18,21,28,31,36,39,41,44,50-51H,7-17,19-20,22-27,29-30,32-35,37-38,40,42-43,45-49H2,1-6H3,(H-,54,56,58,59)/p+1/b21-18-,31-28-,39-36+,44-41+. The third-order valence-corrected chi connectivity index (χ3v) is 12.2. The molecular weight excluding hydrogens is 808 g/mol. The lowest BCUT2D eigenvalue weighted by atomic mass is 10.0. The van der Waals surface area contributed by atoms with Crippen molar-refractivity contribution in [3.63, 3.8) is 0 Å². The van der Waals surface area contributed by atoms with Crippen molar-refractivity contribution in [2.24, 2.45) is 0 Å². The molecule has 0 aromatic rings. The number of likely N-dealkylation sites (N-methyl/N-ethyl adjacent to an activating group) is 1. The van der Waals surface area contributed by atoms with Crippen LogP contribution in [0.2, 0.25) is 0 Å². The summed E-state index contributed by atoms with van der Waals surface area (Å²) >= 11 is 0. The minimum absolute atomic E-state index is 0.0296. The Bertz CT molecular complexity index is 1230. The number of allylic oxidation sites excluding steroid dienone is 7. The molecule has 9 nitrogen and oxygen atoms in total. The van der Waals surface area contributed by atoms with E-state index in [2.05, 4.69) is 56.5 Å². The molecule has 0 rings (SSSR count). The molecule has 3 atom stereocenters. The molecule has 2 N–H and O–H groups in total. The highest BCUT2D eigenvalue weighted by Gasteiger charge is 2.30. The monoisotopic (exact) mass is 908 g/mol. The van der Waals surface area contributed by atoms with Gasteiger partial charge in [-0.2, -0.15) is 0 Å². The number of hydrogen-bond donors (Lipinski definition) is 2. The quantitative estimate of drug-likeness (QED) is 0.0206. The summed E-state index contributed by atoms with van der Waals surface area (Å²) in [4.78, 5) is 37.3. The maximum atomic E-state index is 13.4. The van der Waals surface area contributed by atoms with Gasteiger partial charge in [0, 0.05) is 12.8 Å². The predicted molar refractivity (Wildman–Crippen MR) is 268 cm³/mol. The highest BCUT2D eigenvalue weighted by molar-refractivity contribution is 7.47. The van der Waals surface area contributed by atoms with Gasteiger partial charge in [0.1, 0.15) is 19.3 Å². The number of carbonyl (C=O) groups excluding carboxylic acids is 2. The van der Waals surface area contributed by atoms with Crippen LogP contribution >= 0.6 is 7.82 Å². The average molecular weight is 908 g/mol. The number of unbranched alkanes of at least 4 members (excludes halogenated alkanes) is 24. The zero-order valence-corrected chi connectivity index (χ0v) is 42.7. The second-order valence-corrected chi connectivity index (χ2v) is 20.1. The molecule has 10 heteroatoms. The number of phosphoric ester groups is 1. The van der Waals surface area contributed by atoms with E-state index in [-0.39, 0.29) is 37.9 Å². The fourth-order valence-corrected chi connectivity index (χ4v) is 7.88. The number of amides is 1. The molecule has 0 aromatic carbocycles. The predicted octanol–water partition coefficient (Wildman–Crippen LogP) is 15.0. The summed E-state index contributed by atoms with van der Waals surface area (Å²) in [6.07, 6.45) is 51.2. The maximum Gasteiger partial charge on any atom is 0.472 e. The van der Waals surface area contributed by atoms with Crippen molar-refractivity contribution in [1.82, 2.24) is 5.32 Å². The van der Waals surface area contributed by atoms with Crippen molar-refractivity contribution in [1.29, 1.82) is 0 Å². The molecule has 63 heavy (non-hydrogen) atoms. The van der Waals surface area contributed by atoms with Crippen LogP contribution in [-0.4, -0.2) is 74.3 Å². The van der Waals surface area contributed by atoms with Crippen LogP contribution in [0.3, 0.4) is 0 Å². The Morgan fingerprint density at radius 2 is 1.00 bits per heavy atom. The molecule has 0 saturated heterocycles. The van der Waals surface area contributed by atoms with Gasteiger partial charge in [0.15, 0.2) is 0 Å². The SMILES string of the molecule is CCCC/C=C\CCCCCCCC(=O)OC(/C=C/CCCCCCCCCCCCC)C(COP(=O)(O)OCC[N+](C)(C)C)NC(=O)CC/C=C/C/C=C\CCCCCCCC. The second kappa shape index (κ2) is 43.8. The van der Waals surface area contributed by atoms with Gasteiger partial charge >= 0.3 is 13.8 Å². The van der Waals surface area contributed by atoms with Crippen molar-refractivity contribution in [3.05, 3.63) is 48.6 Å². The Balaban J connectivity index is 5.54. The molecule has 368 valence electrons. The number of ether oxygens (including phenoxy) is 1. The number of nitrogens with zero attached hydrogens (tertiary/aromatic N) is 1. The van der Waals surface area contributed by atoms with Crippen LogP contribution in [0, 0.1) is 0 Å². The summed E-state index contributed by atoms with van der Waals surface area (Å²) in [7, 11) is 1.46. The first-order valence-electron chi connectivity index (χ1n) is 26.0. The van der Waals surface area contributed by atoms with Crippen LogP contribution in [0.4, 0.5) is 0 Å². The van der Waals surface area contributed by atoms with Gasteiger partial charge in [-0.3, -0.25) is 18.6 Å². The molecule has 0 aliphatic rings. The number of esters is 1. The van der Waals surface area contributed by atoms with Gasteiger partial charge in [0.05, 0.1) is 33.8 Å². The van der Waals surface area contributed by atoms with E-state index in [0.717, 1.165) is 77.0 Å². The number of nitrogens with one attached hydrogen (secondary N) is 1. The van der Waals surface area contributed by atoms with Gasteiger partial charge in [0.25, 0.3) is 0 Å². The van der Waals surface area contributed by atoms with Crippen LogP contribution in [0.15, 0.2) is 48.6 Å². The van der Waals surface area contributed by atoms with E-state index in [9.17, 15) is 19.0 Å². The first-order valence-corrected chi connectivity index (χ1v) is 27.5. The number of carbonyl (C=O) groups is 2. The maximum absolute atomic E-state index is 13.4. The van der Waals surface area contributed by atoms with E-state index in [1.165, 1.54) is 109 Å². The number of rotatable bonds is 46. The Morgan fingerprint density at radius 1 is 0.556 bits per heavy atom. The van der Waals surface area contributed by atoms with Gasteiger partial charge in [-0.25, -0.2) is 4.57 Å². The molecule has 0 aromatic heterocycles. The first-order chi connectivity index (χ1) is 30.4. The van der Waals surface area contributed by atoms with E-state index < -0.39 is 20.0 Å². The smallest absolute Gasteiger partial charge is 0.456 e. The van der Waals surface area contributed by atoms with E-state index >= 15 is 0 Å². The Morgan fingerprint density at radius 3 is 1.52 bits per heavy atom. The molecule has 0 aliphatic heterocycles. The Hall–Kier alpha value is -2.03. The van der Waals surface area contributed by atoms with Crippen LogP contribution in [0.25, 0.3) is 0 Å². The number of hydrogen-bond acceptors (Lipinski definition) is 6. The van der Waals surface area contributed by atoms with Gasteiger partial charge in [0.2, 0.25) is 5.91 Å². The molecule has 0 spiro atoms.